The number of guanidine groups is 1. The summed E-state index contributed by atoms with van der Waals surface area (Å²) in [5, 5.41) is 6.58. The van der Waals surface area contributed by atoms with Crippen LogP contribution in [0.25, 0.3) is 0 Å². The summed E-state index contributed by atoms with van der Waals surface area (Å²) in [7, 11) is 1.69. The molecular weight excluding hydrogens is 368 g/mol. The monoisotopic (exact) mass is 400 g/mol. The SMILES string of the molecule is CCCOc1ccc(CN=C(NCC)Nc2cccc(OCCCOC)c2)cn1. The van der Waals surface area contributed by atoms with E-state index in [1.165, 1.54) is 0 Å². The van der Waals surface area contributed by atoms with Gasteiger partial charge >= 0.3 is 0 Å². The fourth-order valence-corrected chi connectivity index (χ4v) is 2.47. The highest BCUT2D eigenvalue weighted by Crippen LogP contribution is 2.17. The van der Waals surface area contributed by atoms with Gasteiger partial charge in [0.15, 0.2) is 5.96 Å². The summed E-state index contributed by atoms with van der Waals surface area (Å²) in [4.78, 5) is 8.96. The first kappa shape index (κ1) is 22.5. The number of rotatable bonds is 12. The van der Waals surface area contributed by atoms with Crippen molar-refractivity contribution in [2.24, 2.45) is 4.99 Å². The van der Waals surface area contributed by atoms with Gasteiger partial charge in [-0.3, -0.25) is 0 Å². The number of ether oxygens (including phenoxy) is 3. The van der Waals surface area contributed by atoms with Gasteiger partial charge < -0.3 is 24.8 Å². The van der Waals surface area contributed by atoms with Crippen molar-refractivity contribution in [3.63, 3.8) is 0 Å². The lowest BCUT2D eigenvalue weighted by Crippen LogP contribution is -2.30. The zero-order valence-corrected chi connectivity index (χ0v) is 17.6. The van der Waals surface area contributed by atoms with Gasteiger partial charge in [-0.25, -0.2) is 9.98 Å². The molecule has 1 aromatic heterocycles. The first-order valence-electron chi connectivity index (χ1n) is 10.1. The summed E-state index contributed by atoms with van der Waals surface area (Å²) in [6, 6.07) is 11.7. The van der Waals surface area contributed by atoms with Gasteiger partial charge in [0, 0.05) is 50.7 Å². The molecule has 158 valence electrons. The van der Waals surface area contributed by atoms with Gasteiger partial charge in [-0.1, -0.05) is 19.1 Å². The Hall–Kier alpha value is -2.80. The number of anilines is 1. The maximum absolute atomic E-state index is 5.76. The third-order valence-electron chi connectivity index (χ3n) is 3.87. The standard InChI is InChI=1S/C22H32N4O3/c1-4-12-29-21-11-10-18(16-24-21)17-25-22(23-5-2)26-19-8-6-9-20(15-19)28-14-7-13-27-3/h6,8-11,15-16H,4-5,7,12-14,17H2,1-3H3,(H2,23,25,26). The number of aliphatic imine (C=N–C) groups is 1. The van der Waals surface area contributed by atoms with Crippen molar-refractivity contribution in [1.82, 2.24) is 10.3 Å². The topological polar surface area (TPSA) is 77.0 Å². The van der Waals surface area contributed by atoms with Gasteiger partial charge in [0.1, 0.15) is 5.75 Å². The molecular formula is C22H32N4O3. The van der Waals surface area contributed by atoms with E-state index in [2.05, 4.69) is 27.5 Å². The van der Waals surface area contributed by atoms with E-state index in [0.717, 1.165) is 36.4 Å². The minimum absolute atomic E-state index is 0.517. The van der Waals surface area contributed by atoms with Crippen LogP contribution >= 0.6 is 0 Å². The van der Waals surface area contributed by atoms with Crippen LogP contribution in [0.3, 0.4) is 0 Å². The Morgan fingerprint density at radius 3 is 2.69 bits per heavy atom. The number of hydrogen-bond donors (Lipinski definition) is 2. The van der Waals surface area contributed by atoms with Gasteiger partial charge in [-0.2, -0.15) is 0 Å². The summed E-state index contributed by atoms with van der Waals surface area (Å²) >= 11 is 0. The molecule has 2 N–H and O–H groups in total. The normalized spacial score (nSPS) is 11.2. The van der Waals surface area contributed by atoms with E-state index in [0.29, 0.717) is 38.2 Å². The summed E-state index contributed by atoms with van der Waals surface area (Å²) in [6.07, 6.45) is 3.62. The van der Waals surface area contributed by atoms with E-state index in [4.69, 9.17) is 14.2 Å². The third kappa shape index (κ3) is 8.83. The van der Waals surface area contributed by atoms with E-state index in [9.17, 15) is 0 Å². The van der Waals surface area contributed by atoms with Gasteiger partial charge in [0.05, 0.1) is 19.8 Å². The highest BCUT2D eigenvalue weighted by atomic mass is 16.5. The molecule has 0 unspecified atom stereocenters. The van der Waals surface area contributed by atoms with Crippen molar-refractivity contribution in [2.75, 3.05) is 38.8 Å². The van der Waals surface area contributed by atoms with E-state index < -0.39 is 0 Å². The molecule has 0 amide bonds. The highest BCUT2D eigenvalue weighted by Gasteiger charge is 2.03. The van der Waals surface area contributed by atoms with Crippen LogP contribution in [0.15, 0.2) is 47.6 Å². The third-order valence-corrected chi connectivity index (χ3v) is 3.87. The van der Waals surface area contributed by atoms with Crippen LogP contribution in [0.5, 0.6) is 11.6 Å². The van der Waals surface area contributed by atoms with Crippen molar-refractivity contribution in [1.29, 1.82) is 0 Å². The summed E-state index contributed by atoms with van der Waals surface area (Å²) < 4.78 is 16.3. The number of hydrogen-bond acceptors (Lipinski definition) is 5. The molecule has 0 fully saturated rings. The number of nitrogens with one attached hydrogen (secondary N) is 2. The smallest absolute Gasteiger partial charge is 0.213 e. The molecule has 7 nitrogen and oxygen atoms in total. The van der Waals surface area contributed by atoms with Crippen LogP contribution in [-0.4, -0.2) is 44.4 Å². The largest absolute Gasteiger partial charge is 0.493 e. The molecule has 1 aromatic carbocycles. The van der Waals surface area contributed by atoms with Crippen LogP contribution in [0.4, 0.5) is 5.69 Å². The molecule has 7 heteroatoms. The van der Waals surface area contributed by atoms with Gasteiger partial charge in [0.25, 0.3) is 0 Å². The maximum atomic E-state index is 5.76. The predicted molar refractivity (Wildman–Crippen MR) is 117 cm³/mol. The first-order chi connectivity index (χ1) is 14.2. The first-order valence-corrected chi connectivity index (χ1v) is 10.1. The van der Waals surface area contributed by atoms with Crippen molar-refractivity contribution < 1.29 is 14.2 Å². The maximum Gasteiger partial charge on any atom is 0.213 e. The van der Waals surface area contributed by atoms with E-state index >= 15 is 0 Å². The molecule has 0 aliphatic carbocycles. The molecule has 2 aromatic rings. The van der Waals surface area contributed by atoms with Crippen molar-refractivity contribution in [3.05, 3.63) is 48.2 Å². The molecule has 29 heavy (non-hydrogen) atoms. The van der Waals surface area contributed by atoms with Crippen LogP contribution < -0.4 is 20.1 Å². The molecule has 0 aliphatic rings. The summed E-state index contributed by atoms with van der Waals surface area (Å²) in [5.74, 6) is 2.16. The Kier molecular flexibility index (Phi) is 10.4. The molecule has 1 heterocycles. The zero-order chi connectivity index (χ0) is 20.7. The number of aromatic nitrogens is 1. The number of pyridine rings is 1. The van der Waals surface area contributed by atoms with Crippen molar-refractivity contribution >= 4 is 11.6 Å². The molecule has 2 rings (SSSR count). The van der Waals surface area contributed by atoms with E-state index in [1.54, 1.807) is 13.3 Å². The quantitative estimate of drug-likeness (QED) is 0.320. The minimum atomic E-state index is 0.517. The highest BCUT2D eigenvalue weighted by molar-refractivity contribution is 5.93. The Morgan fingerprint density at radius 1 is 1.07 bits per heavy atom. The second kappa shape index (κ2) is 13.4. The number of methoxy groups -OCH3 is 1. The van der Waals surface area contributed by atoms with Crippen LogP contribution in [0.1, 0.15) is 32.3 Å². The Labute approximate surface area is 173 Å². The number of nitrogens with zero attached hydrogens (tertiary/aromatic N) is 2. The van der Waals surface area contributed by atoms with Gasteiger partial charge in [-0.05, 0) is 31.0 Å². The minimum Gasteiger partial charge on any atom is -0.493 e. The lowest BCUT2D eigenvalue weighted by molar-refractivity contribution is 0.172. The molecule has 0 radical (unpaired) electrons. The predicted octanol–water partition coefficient (Wildman–Crippen LogP) is 3.86. The van der Waals surface area contributed by atoms with Crippen molar-refractivity contribution in [2.45, 2.75) is 33.2 Å². The zero-order valence-electron chi connectivity index (χ0n) is 17.6. The molecule has 0 spiro atoms. The summed E-state index contributed by atoms with van der Waals surface area (Å²) in [6.45, 7) is 7.38. The van der Waals surface area contributed by atoms with Crippen LogP contribution in [-0.2, 0) is 11.3 Å². The average Bonchev–Trinajstić information content (AvgIpc) is 2.75. The Balaban J connectivity index is 1.94. The molecule has 0 atom stereocenters. The fourth-order valence-electron chi connectivity index (χ4n) is 2.47. The molecule has 0 saturated carbocycles. The fraction of sp³-hybridized carbons (Fsp3) is 0.455. The van der Waals surface area contributed by atoms with Gasteiger partial charge in [-0.15, -0.1) is 0 Å². The second-order valence-corrected chi connectivity index (χ2v) is 6.40. The molecule has 0 saturated heterocycles. The van der Waals surface area contributed by atoms with Gasteiger partial charge in [0.2, 0.25) is 5.88 Å². The Bertz CT molecular complexity index is 735. The molecule has 0 aliphatic heterocycles. The summed E-state index contributed by atoms with van der Waals surface area (Å²) in [5.41, 5.74) is 1.93. The average molecular weight is 401 g/mol. The van der Waals surface area contributed by atoms with E-state index in [1.807, 2.05) is 43.3 Å². The Morgan fingerprint density at radius 2 is 1.97 bits per heavy atom. The second-order valence-electron chi connectivity index (χ2n) is 6.40. The van der Waals surface area contributed by atoms with Crippen LogP contribution in [0, 0.1) is 0 Å². The number of benzene rings is 1. The van der Waals surface area contributed by atoms with Crippen molar-refractivity contribution in [3.8, 4) is 11.6 Å². The molecule has 0 bridgehead atoms. The van der Waals surface area contributed by atoms with E-state index in [-0.39, 0.29) is 0 Å². The lowest BCUT2D eigenvalue weighted by atomic mass is 10.3. The lowest BCUT2D eigenvalue weighted by Gasteiger charge is -2.13. The van der Waals surface area contributed by atoms with Crippen LogP contribution in [0.2, 0.25) is 0 Å².